The average molecular weight is 222 g/mol. The van der Waals surface area contributed by atoms with E-state index >= 15 is 0 Å². The fourth-order valence-corrected chi connectivity index (χ4v) is 1.77. The second-order valence-electron chi connectivity index (χ2n) is 5.01. The molecule has 90 valence electrons. The van der Waals surface area contributed by atoms with Crippen LogP contribution in [0.1, 0.15) is 51.0 Å². The molecule has 1 aromatic carbocycles. The van der Waals surface area contributed by atoms with E-state index in [1.807, 2.05) is 52.0 Å². The first-order valence-electron chi connectivity index (χ1n) is 5.90. The maximum absolute atomic E-state index is 10.1. The molecule has 2 nitrogen and oxygen atoms in total. The Balaban J connectivity index is 3.09. The van der Waals surface area contributed by atoms with Crippen LogP contribution in [0.5, 0.6) is 0 Å². The lowest BCUT2D eigenvalue weighted by atomic mass is 9.89. The molecule has 0 amide bonds. The minimum absolute atomic E-state index is 0.153. The van der Waals surface area contributed by atoms with Crippen molar-refractivity contribution in [1.82, 2.24) is 0 Å². The number of hydrogen-bond acceptors (Lipinski definition) is 2. The van der Waals surface area contributed by atoms with Gasteiger partial charge in [-0.3, -0.25) is 0 Å². The Bertz CT molecular complexity index is 298. The van der Waals surface area contributed by atoms with Gasteiger partial charge in [-0.05, 0) is 23.0 Å². The highest BCUT2D eigenvalue weighted by molar-refractivity contribution is 5.31. The molecule has 0 heterocycles. The van der Waals surface area contributed by atoms with Gasteiger partial charge in [0.1, 0.15) is 0 Å². The van der Waals surface area contributed by atoms with Gasteiger partial charge in [0.05, 0.1) is 12.2 Å². The molecule has 0 radical (unpaired) electrons. The number of aliphatic hydroxyl groups is 2. The summed E-state index contributed by atoms with van der Waals surface area (Å²) >= 11 is 0. The van der Waals surface area contributed by atoms with Crippen LogP contribution in [0.2, 0.25) is 0 Å². The second kappa shape index (κ2) is 5.46. The first-order valence-corrected chi connectivity index (χ1v) is 5.90. The molecule has 2 heteroatoms. The summed E-state index contributed by atoms with van der Waals surface area (Å²) in [5.74, 6) is 0.307. The standard InChI is InChI=1S/C14H22O2/c1-9(2)13(15)11-7-5-6-8-12(11)14(16)10(3)4/h5-10,13-16H,1-4H3/t13-,14-/m1/s1. The Kier molecular flexibility index (Phi) is 4.51. The molecule has 1 rings (SSSR count). The van der Waals surface area contributed by atoms with Gasteiger partial charge in [0.25, 0.3) is 0 Å². The summed E-state index contributed by atoms with van der Waals surface area (Å²) < 4.78 is 0. The second-order valence-corrected chi connectivity index (χ2v) is 5.01. The molecule has 16 heavy (non-hydrogen) atoms. The van der Waals surface area contributed by atoms with Crippen LogP contribution in [0.25, 0.3) is 0 Å². The molecular formula is C14H22O2. The maximum Gasteiger partial charge on any atom is 0.0816 e. The zero-order chi connectivity index (χ0) is 12.3. The van der Waals surface area contributed by atoms with Gasteiger partial charge in [0.2, 0.25) is 0 Å². The van der Waals surface area contributed by atoms with Crippen LogP contribution in [0.4, 0.5) is 0 Å². The number of aliphatic hydroxyl groups excluding tert-OH is 2. The first kappa shape index (κ1) is 13.2. The van der Waals surface area contributed by atoms with Crippen molar-refractivity contribution in [2.45, 2.75) is 39.9 Å². The van der Waals surface area contributed by atoms with Crippen molar-refractivity contribution in [3.63, 3.8) is 0 Å². The van der Waals surface area contributed by atoms with Gasteiger partial charge in [-0.2, -0.15) is 0 Å². The van der Waals surface area contributed by atoms with Crippen molar-refractivity contribution in [3.05, 3.63) is 35.4 Å². The predicted octanol–water partition coefficient (Wildman–Crippen LogP) is 3.07. The Morgan fingerprint density at radius 1 is 0.750 bits per heavy atom. The SMILES string of the molecule is CC(C)[C@@H](O)c1ccccc1[C@H](O)C(C)C. The summed E-state index contributed by atoms with van der Waals surface area (Å²) in [6.45, 7) is 7.90. The van der Waals surface area contributed by atoms with E-state index in [2.05, 4.69) is 0 Å². The van der Waals surface area contributed by atoms with Crippen LogP contribution in [0, 0.1) is 11.8 Å². The maximum atomic E-state index is 10.1. The van der Waals surface area contributed by atoms with Gasteiger partial charge in [-0.1, -0.05) is 52.0 Å². The molecule has 0 saturated heterocycles. The molecule has 0 fully saturated rings. The summed E-state index contributed by atoms with van der Waals surface area (Å²) in [6.07, 6.45) is -1.02. The Morgan fingerprint density at radius 2 is 1.06 bits per heavy atom. The molecule has 0 saturated carbocycles. The molecule has 0 spiro atoms. The molecule has 2 N–H and O–H groups in total. The van der Waals surface area contributed by atoms with Crippen LogP contribution >= 0.6 is 0 Å². The Morgan fingerprint density at radius 3 is 1.31 bits per heavy atom. The summed E-state index contributed by atoms with van der Waals surface area (Å²) in [5, 5.41) is 20.2. The minimum atomic E-state index is -0.510. The molecule has 0 bridgehead atoms. The van der Waals surface area contributed by atoms with E-state index in [1.165, 1.54) is 0 Å². The highest BCUT2D eigenvalue weighted by Gasteiger charge is 2.21. The van der Waals surface area contributed by atoms with Crippen molar-refractivity contribution in [3.8, 4) is 0 Å². The molecule has 0 unspecified atom stereocenters. The molecule has 0 aliphatic carbocycles. The normalized spacial score (nSPS) is 15.5. The van der Waals surface area contributed by atoms with Gasteiger partial charge in [-0.15, -0.1) is 0 Å². The van der Waals surface area contributed by atoms with Crippen LogP contribution in [0.15, 0.2) is 24.3 Å². The minimum Gasteiger partial charge on any atom is -0.388 e. The lowest BCUT2D eigenvalue weighted by molar-refractivity contribution is 0.104. The van der Waals surface area contributed by atoms with E-state index in [0.29, 0.717) is 0 Å². The quantitative estimate of drug-likeness (QED) is 0.822. The zero-order valence-corrected chi connectivity index (χ0v) is 10.5. The highest BCUT2D eigenvalue weighted by Crippen LogP contribution is 2.31. The summed E-state index contributed by atoms with van der Waals surface area (Å²) in [6, 6.07) is 7.59. The number of hydrogen-bond donors (Lipinski definition) is 2. The average Bonchev–Trinajstić information content (AvgIpc) is 2.26. The third-order valence-corrected chi connectivity index (χ3v) is 2.90. The highest BCUT2D eigenvalue weighted by atomic mass is 16.3. The molecule has 1 aromatic rings. The van der Waals surface area contributed by atoms with E-state index in [4.69, 9.17) is 0 Å². The van der Waals surface area contributed by atoms with E-state index in [-0.39, 0.29) is 11.8 Å². The predicted molar refractivity (Wildman–Crippen MR) is 66.0 cm³/mol. The Hall–Kier alpha value is -0.860. The third-order valence-electron chi connectivity index (χ3n) is 2.90. The van der Waals surface area contributed by atoms with Gasteiger partial charge in [-0.25, -0.2) is 0 Å². The molecular weight excluding hydrogens is 200 g/mol. The lowest BCUT2D eigenvalue weighted by Crippen LogP contribution is -2.13. The number of rotatable bonds is 4. The molecule has 0 aliphatic rings. The van der Waals surface area contributed by atoms with Crippen LogP contribution in [-0.4, -0.2) is 10.2 Å². The summed E-state index contributed by atoms with van der Waals surface area (Å²) in [4.78, 5) is 0. The van der Waals surface area contributed by atoms with Gasteiger partial charge in [0.15, 0.2) is 0 Å². The van der Waals surface area contributed by atoms with Crippen LogP contribution in [-0.2, 0) is 0 Å². The smallest absolute Gasteiger partial charge is 0.0816 e. The van der Waals surface area contributed by atoms with E-state index < -0.39 is 12.2 Å². The van der Waals surface area contributed by atoms with Crippen molar-refractivity contribution < 1.29 is 10.2 Å². The Labute approximate surface area is 97.9 Å². The first-order chi connectivity index (χ1) is 7.45. The topological polar surface area (TPSA) is 40.5 Å². The fraction of sp³-hybridized carbons (Fsp3) is 0.571. The van der Waals surface area contributed by atoms with E-state index in [0.717, 1.165) is 11.1 Å². The van der Waals surface area contributed by atoms with Gasteiger partial charge in [0, 0.05) is 0 Å². The monoisotopic (exact) mass is 222 g/mol. The van der Waals surface area contributed by atoms with Gasteiger partial charge < -0.3 is 10.2 Å². The van der Waals surface area contributed by atoms with Crippen LogP contribution in [0.3, 0.4) is 0 Å². The van der Waals surface area contributed by atoms with Crippen molar-refractivity contribution in [1.29, 1.82) is 0 Å². The zero-order valence-electron chi connectivity index (χ0n) is 10.5. The summed E-state index contributed by atoms with van der Waals surface area (Å²) in [7, 11) is 0. The third kappa shape index (κ3) is 2.83. The van der Waals surface area contributed by atoms with Crippen molar-refractivity contribution >= 4 is 0 Å². The molecule has 2 atom stereocenters. The summed E-state index contributed by atoms with van der Waals surface area (Å²) in [5.41, 5.74) is 1.69. The van der Waals surface area contributed by atoms with E-state index in [9.17, 15) is 10.2 Å². The van der Waals surface area contributed by atoms with Crippen molar-refractivity contribution in [2.75, 3.05) is 0 Å². The van der Waals surface area contributed by atoms with E-state index in [1.54, 1.807) is 0 Å². The largest absolute Gasteiger partial charge is 0.388 e. The lowest BCUT2D eigenvalue weighted by Gasteiger charge is -2.23. The van der Waals surface area contributed by atoms with Gasteiger partial charge >= 0.3 is 0 Å². The molecule has 0 aliphatic heterocycles. The van der Waals surface area contributed by atoms with Crippen LogP contribution < -0.4 is 0 Å². The fourth-order valence-electron chi connectivity index (χ4n) is 1.77. The number of benzene rings is 1. The molecule has 0 aromatic heterocycles. The van der Waals surface area contributed by atoms with Crippen molar-refractivity contribution in [2.24, 2.45) is 11.8 Å².